The van der Waals surface area contributed by atoms with Crippen LogP contribution in [0.3, 0.4) is 0 Å². The molecule has 0 aromatic heterocycles. The first-order valence-corrected chi connectivity index (χ1v) is 7.75. The Morgan fingerprint density at radius 3 is 2.00 bits per heavy atom. The standard InChI is InChI=1S/C15H15F2O3P/c1-19-21(18,20-2)15(16,17)14-11-7-6-10-13(14)12-8-4-3-5-9-12/h3-11H,1-2H3. The highest BCUT2D eigenvalue weighted by atomic mass is 31.2. The minimum Gasteiger partial charge on any atom is -0.308 e. The summed E-state index contributed by atoms with van der Waals surface area (Å²) in [6, 6.07) is 14.6. The van der Waals surface area contributed by atoms with Crippen LogP contribution >= 0.6 is 7.60 Å². The van der Waals surface area contributed by atoms with Crippen molar-refractivity contribution in [2.75, 3.05) is 14.2 Å². The molecule has 0 heterocycles. The number of benzene rings is 2. The molecule has 0 radical (unpaired) electrons. The Hall–Kier alpha value is -1.55. The average Bonchev–Trinajstić information content (AvgIpc) is 2.54. The molecule has 0 saturated carbocycles. The van der Waals surface area contributed by atoms with Crippen LogP contribution in [0.4, 0.5) is 8.78 Å². The lowest BCUT2D eigenvalue weighted by Crippen LogP contribution is -2.17. The minimum absolute atomic E-state index is 0.289. The van der Waals surface area contributed by atoms with Gasteiger partial charge in [0.15, 0.2) is 0 Å². The second-order valence-electron chi connectivity index (χ2n) is 4.32. The van der Waals surface area contributed by atoms with Crippen LogP contribution in [0.15, 0.2) is 54.6 Å². The zero-order chi connectivity index (χ0) is 15.5. The van der Waals surface area contributed by atoms with Gasteiger partial charge < -0.3 is 9.05 Å². The van der Waals surface area contributed by atoms with E-state index in [1.54, 1.807) is 42.5 Å². The number of hydrogen-bond donors (Lipinski definition) is 0. The summed E-state index contributed by atoms with van der Waals surface area (Å²) in [5.41, 5.74) is -3.24. The third-order valence-electron chi connectivity index (χ3n) is 3.16. The van der Waals surface area contributed by atoms with E-state index in [4.69, 9.17) is 0 Å². The van der Waals surface area contributed by atoms with Crippen LogP contribution in [-0.4, -0.2) is 14.2 Å². The van der Waals surface area contributed by atoms with E-state index in [0.29, 0.717) is 5.56 Å². The van der Waals surface area contributed by atoms with Crippen LogP contribution < -0.4 is 0 Å². The summed E-state index contributed by atoms with van der Waals surface area (Å²) in [6.45, 7) is 0. The van der Waals surface area contributed by atoms with Gasteiger partial charge in [0.25, 0.3) is 0 Å². The molecule has 0 bridgehead atoms. The molecule has 112 valence electrons. The van der Waals surface area contributed by atoms with E-state index in [0.717, 1.165) is 14.2 Å². The van der Waals surface area contributed by atoms with Gasteiger partial charge in [0.05, 0.1) is 0 Å². The molecule has 0 unspecified atom stereocenters. The highest BCUT2D eigenvalue weighted by Gasteiger charge is 2.54. The lowest BCUT2D eigenvalue weighted by Gasteiger charge is -2.25. The monoisotopic (exact) mass is 312 g/mol. The van der Waals surface area contributed by atoms with Crippen LogP contribution in [0.1, 0.15) is 5.56 Å². The van der Waals surface area contributed by atoms with Crippen molar-refractivity contribution < 1.29 is 22.4 Å². The zero-order valence-electron chi connectivity index (χ0n) is 11.6. The maximum Gasteiger partial charge on any atom is 0.403 e. The summed E-state index contributed by atoms with van der Waals surface area (Å²) in [7, 11) is -2.69. The van der Waals surface area contributed by atoms with Crippen LogP contribution in [0.5, 0.6) is 0 Å². The fourth-order valence-corrected chi connectivity index (χ4v) is 3.16. The van der Waals surface area contributed by atoms with Gasteiger partial charge in [0.2, 0.25) is 0 Å². The maximum absolute atomic E-state index is 14.6. The molecule has 0 spiro atoms. The van der Waals surface area contributed by atoms with Crippen molar-refractivity contribution in [3.63, 3.8) is 0 Å². The third-order valence-corrected chi connectivity index (χ3v) is 5.05. The first kappa shape index (κ1) is 15.8. The average molecular weight is 312 g/mol. The maximum atomic E-state index is 14.6. The number of rotatable bonds is 5. The fourth-order valence-electron chi connectivity index (χ4n) is 2.07. The normalized spacial score (nSPS) is 12.4. The summed E-state index contributed by atoms with van der Waals surface area (Å²) >= 11 is 0. The van der Waals surface area contributed by atoms with Crippen molar-refractivity contribution in [2.45, 2.75) is 5.66 Å². The predicted octanol–water partition coefficient (Wildman–Crippen LogP) is 4.89. The molecule has 0 amide bonds. The predicted molar refractivity (Wildman–Crippen MR) is 77.4 cm³/mol. The van der Waals surface area contributed by atoms with E-state index in [1.165, 1.54) is 12.1 Å². The Labute approximate surface area is 122 Å². The van der Waals surface area contributed by atoms with E-state index in [2.05, 4.69) is 9.05 Å². The first-order chi connectivity index (χ1) is 9.96. The topological polar surface area (TPSA) is 35.5 Å². The molecular weight excluding hydrogens is 297 g/mol. The largest absolute Gasteiger partial charge is 0.403 e. The van der Waals surface area contributed by atoms with Crippen LogP contribution in [0.2, 0.25) is 0 Å². The summed E-state index contributed by atoms with van der Waals surface area (Å²) in [4.78, 5) is 0. The molecule has 0 aliphatic carbocycles. The van der Waals surface area contributed by atoms with E-state index < -0.39 is 13.3 Å². The molecule has 0 N–H and O–H groups in total. The Morgan fingerprint density at radius 2 is 1.43 bits per heavy atom. The summed E-state index contributed by atoms with van der Waals surface area (Å²) < 4.78 is 50.4. The number of hydrogen-bond acceptors (Lipinski definition) is 3. The van der Waals surface area contributed by atoms with Crippen LogP contribution in [0, 0.1) is 0 Å². The molecule has 0 saturated heterocycles. The summed E-state index contributed by atoms with van der Waals surface area (Å²) in [5, 5.41) is 0. The molecule has 0 aliphatic heterocycles. The van der Waals surface area contributed by atoms with E-state index in [-0.39, 0.29) is 11.1 Å². The quantitative estimate of drug-likeness (QED) is 0.737. The first-order valence-electron chi connectivity index (χ1n) is 6.20. The van der Waals surface area contributed by atoms with Gasteiger partial charge in [-0.3, -0.25) is 4.57 Å². The highest BCUT2D eigenvalue weighted by molar-refractivity contribution is 7.54. The Morgan fingerprint density at radius 1 is 0.905 bits per heavy atom. The SMILES string of the molecule is COP(=O)(OC)C(F)(F)c1ccccc1-c1ccccc1. The summed E-state index contributed by atoms with van der Waals surface area (Å²) in [6.07, 6.45) is 0. The molecule has 2 rings (SSSR count). The van der Waals surface area contributed by atoms with Gasteiger partial charge in [-0.1, -0.05) is 54.6 Å². The van der Waals surface area contributed by atoms with Gasteiger partial charge >= 0.3 is 13.3 Å². The van der Waals surface area contributed by atoms with Gasteiger partial charge in [-0.25, -0.2) is 0 Å². The van der Waals surface area contributed by atoms with Crippen molar-refractivity contribution in [1.82, 2.24) is 0 Å². The second kappa shape index (κ2) is 6.06. The zero-order valence-corrected chi connectivity index (χ0v) is 12.5. The molecule has 0 atom stereocenters. The highest BCUT2D eigenvalue weighted by Crippen LogP contribution is 2.66. The lowest BCUT2D eigenvalue weighted by molar-refractivity contribution is 0.0459. The molecule has 0 fully saturated rings. The lowest BCUT2D eigenvalue weighted by atomic mass is 10.00. The minimum atomic E-state index is -4.59. The van der Waals surface area contributed by atoms with Crippen molar-refractivity contribution in [1.29, 1.82) is 0 Å². The van der Waals surface area contributed by atoms with Crippen molar-refractivity contribution in [2.24, 2.45) is 0 Å². The van der Waals surface area contributed by atoms with Gasteiger partial charge in [-0.15, -0.1) is 0 Å². The van der Waals surface area contributed by atoms with Crippen molar-refractivity contribution in [3.05, 3.63) is 60.2 Å². The smallest absolute Gasteiger partial charge is 0.308 e. The van der Waals surface area contributed by atoms with Crippen molar-refractivity contribution >= 4 is 7.60 Å². The van der Waals surface area contributed by atoms with E-state index in [9.17, 15) is 13.3 Å². The number of alkyl halides is 2. The Kier molecular flexibility index (Phi) is 4.57. The Balaban J connectivity index is 2.63. The molecule has 21 heavy (non-hydrogen) atoms. The molecule has 2 aromatic carbocycles. The van der Waals surface area contributed by atoms with Crippen molar-refractivity contribution in [3.8, 4) is 11.1 Å². The number of halogens is 2. The van der Waals surface area contributed by atoms with Gasteiger partial charge in [0.1, 0.15) is 0 Å². The fraction of sp³-hybridized carbons (Fsp3) is 0.200. The summed E-state index contributed by atoms with van der Waals surface area (Å²) in [5.74, 6) is 0. The molecule has 2 aromatic rings. The second-order valence-corrected chi connectivity index (χ2v) is 6.60. The van der Waals surface area contributed by atoms with Crippen LogP contribution in [0.25, 0.3) is 11.1 Å². The van der Waals surface area contributed by atoms with E-state index in [1.807, 2.05) is 0 Å². The third kappa shape index (κ3) is 2.77. The molecule has 0 aliphatic rings. The molecule has 6 heteroatoms. The molecular formula is C15H15F2O3P. The van der Waals surface area contributed by atoms with E-state index >= 15 is 0 Å². The van der Waals surface area contributed by atoms with Gasteiger partial charge in [-0.2, -0.15) is 8.78 Å². The van der Waals surface area contributed by atoms with Gasteiger partial charge in [0, 0.05) is 19.8 Å². The molecule has 3 nitrogen and oxygen atoms in total. The van der Waals surface area contributed by atoms with Crippen LogP contribution in [-0.2, 0) is 19.3 Å². The Bertz CT molecular complexity index is 651. The van der Waals surface area contributed by atoms with Gasteiger partial charge in [-0.05, 0) is 11.1 Å².